The molecule has 5 aromatic carbocycles. The van der Waals surface area contributed by atoms with Crippen molar-refractivity contribution in [2.75, 3.05) is 29.4 Å². The van der Waals surface area contributed by atoms with Crippen LogP contribution in [0.5, 0.6) is 5.75 Å². The summed E-state index contributed by atoms with van der Waals surface area (Å²) < 4.78 is 43.1. The lowest BCUT2D eigenvalue weighted by Crippen LogP contribution is -2.35. The molecule has 0 bridgehead atoms. The third-order valence-corrected chi connectivity index (χ3v) is 16.0. The molecule has 0 fully saturated rings. The molecule has 5 aromatic rings. The van der Waals surface area contributed by atoms with Gasteiger partial charge in [0.2, 0.25) is 17.5 Å². The molecular formula is C64H69N4O6S+. The average molecular weight is 1020 g/mol. The van der Waals surface area contributed by atoms with Gasteiger partial charge < -0.3 is 19.9 Å². The van der Waals surface area contributed by atoms with Crippen LogP contribution in [-0.4, -0.2) is 54.7 Å². The van der Waals surface area contributed by atoms with Crippen molar-refractivity contribution in [1.82, 2.24) is 5.32 Å². The minimum atomic E-state index is -4.39. The average Bonchev–Trinajstić information content (AvgIpc) is 3.74. The number of ether oxygens (including phenoxy) is 1. The van der Waals surface area contributed by atoms with Crippen molar-refractivity contribution in [3.63, 3.8) is 0 Å². The number of carbonyl (C=O) groups excluding carboxylic acids is 2. The van der Waals surface area contributed by atoms with E-state index in [2.05, 4.69) is 135 Å². The van der Waals surface area contributed by atoms with Crippen LogP contribution in [0.15, 0.2) is 167 Å². The monoisotopic (exact) mass is 1020 g/mol. The molecule has 0 saturated heterocycles. The predicted octanol–water partition coefficient (Wildman–Crippen LogP) is 12.7. The van der Waals surface area contributed by atoms with Crippen molar-refractivity contribution in [3.8, 4) is 17.6 Å². The molecule has 3 heterocycles. The van der Waals surface area contributed by atoms with E-state index in [9.17, 15) is 22.6 Å². The Morgan fingerprint density at radius 3 is 2.31 bits per heavy atom. The van der Waals surface area contributed by atoms with E-state index in [-0.39, 0.29) is 40.5 Å². The minimum Gasteiger partial charge on any atom is -0.457 e. The van der Waals surface area contributed by atoms with Gasteiger partial charge in [0.25, 0.3) is 10.1 Å². The minimum absolute atomic E-state index is 0.0806. The molecular weight excluding hydrogens is 953 g/mol. The summed E-state index contributed by atoms with van der Waals surface area (Å²) in [5.41, 5.74) is 13.3. The predicted molar refractivity (Wildman–Crippen MR) is 300 cm³/mol. The summed E-state index contributed by atoms with van der Waals surface area (Å²) in [6, 6.07) is 36.8. The molecule has 4 aliphatic rings. The fraction of sp³-hybridized carbons (Fsp3) is 0.328. The largest absolute Gasteiger partial charge is 0.457 e. The Kier molecular flexibility index (Phi) is 15.6. The molecule has 11 heteroatoms. The number of nitrogens with zero attached hydrogens (tertiary/aromatic N) is 3. The quantitative estimate of drug-likeness (QED) is 0.0412. The lowest BCUT2D eigenvalue weighted by Gasteiger charge is -2.27. The van der Waals surface area contributed by atoms with Crippen LogP contribution < -0.4 is 19.9 Å². The van der Waals surface area contributed by atoms with Crippen LogP contribution in [0.4, 0.5) is 17.1 Å². The summed E-state index contributed by atoms with van der Waals surface area (Å²) in [7, 11) is -4.39. The SMILES string of the molecule is CCCCC[N+]1=C(/C=C/C2=C(Oc3ccc(S(=O)(=O)O)cc3)C(=C/C=C3/N(CCCC(=O)NCCC(=O)N4Cc5ccccc5C#Cc5ccccc54)c4ccc(C)cc4C3(C)C)/CCC2)C(C)(C)c2ccccc21. The molecule has 386 valence electrons. The van der Waals surface area contributed by atoms with E-state index in [1.165, 1.54) is 40.2 Å². The van der Waals surface area contributed by atoms with Crippen LogP contribution in [0, 0.1) is 18.8 Å². The summed E-state index contributed by atoms with van der Waals surface area (Å²) in [5, 5.41) is 3.03. The maximum atomic E-state index is 13.9. The van der Waals surface area contributed by atoms with Crippen LogP contribution >= 0.6 is 0 Å². The second-order valence-corrected chi connectivity index (χ2v) is 22.5. The van der Waals surface area contributed by atoms with Crippen LogP contribution in [-0.2, 0) is 37.1 Å². The smallest absolute Gasteiger partial charge is 0.294 e. The first-order chi connectivity index (χ1) is 36.0. The standard InChI is InChI=1S/C64H68N4O6S/c1-7-8-15-41-66-56-25-14-12-23-53(56)63(3,4)58(66)37-30-48-21-16-22-49(62(48)74-51-32-34-52(35-33-51)75(71,72)73)31-38-59-64(5,6)54-43-45(2)27-36-57(54)67(59)42-17-26-60(69)65-40-39-61(70)68-44-50-20-10-9-18-46(50)28-29-47-19-11-13-24-55(47)68/h9-14,18-20,23-25,27,30-38,43H,7-8,15-17,21-22,26,39-42,44H2,1-6H3,(H-,65,69,71,72,73)/p+1. The Morgan fingerprint density at radius 1 is 0.787 bits per heavy atom. The van der Waals surface area contributed by atoms with Crippen LogP contribution in [0.3, 0.4) is 0 Å². The molecule has 0 atom stereocenters. The zero-order chi connectivity index (χ0) is 52.9. The van der Waals surface area contributed by atoms with Crippen LogP contribution in [0.1, 0.15) is 126 Å². The van der Waals surface area contributed by atoms with Crippen molar-refractivity contribution < 1.29 is 31.9 Å². The van der Waals surface area contributed by atoms with Gasteiger partial charge in [0.05, 0.1) is 22.5 Å². The topological polar surface area (TPSA) is 119 Å². The van der Waals surface area contributed by atoms with Crippen molar-refractivity contribution in [2.45, 2.75) is 122 Å². The fourth-order valence-electron chi connectivity index (χ4n) is 11.1. The highest BCUT2D eigenvalue weighted by Gasteiger charge is 2.44. The molecule has 0 radical (unpaired) electrons. The van der Waals surface area contributed by atoms with Gasteiger partial charge in [-0.15, -0.1) is 0 Å². The van der Waals surface area contributed by atoms with E-state index in [4.69, 9.17) is 4.74 Å². The van der Waals surface area contributed by atoms with Gasteiger partial charge in [0, 0.05) is 78.0 Å². The van der Waals surface area contributed by atoms with E-state index in [0.717, 1.165) is 95.7 Å². The summed E-state index contributed by atoms with van der Waals surface area (Å²) >= 11 is 0. The van der Waals surface area contributed by atoms with Gasteiger partial charge >= 0.3 is 0 Å². The highest BCUT2D eigenvalue weighted by Crippen LogP contribution is 2.49. The highest BCUT2D eigenvalue weighted by atomic mass is 32.2. The molecule has 2 amide bonds. The van der Waals surface area contributed by atoms with Gasteiger partial charge in [-0.2, -0.15) is 13.0 Å². The normalized spacial score (nSPS) is 17.5. The zero-order valence-corrected chi connectivity index (χ0v) is 45.0. The fourth-order valence-corrected chi connectivity index (χ4v) is 11.6. The molecule has 75 heavy (non-hydrogen) atoms. The van der Waals surface area contributed by atoms with Crippen molar-refractivity contribution in [1.29, 1.82) is 0 Å². The van der Waals surface area contributed by atoms with Gasteiger partial charge in [0.1, 0.15) is 18.1 Å². The maximum absolute atomic E-state index is 13.9. The molecule has 0 spiro atoms. The Morgan fingerprint density at radius 2 is 1.52 bits per heavy atom. The summed E-state index contributed by atoms with van der Waals surface area (Å²) in [6.07, 6.45) is 15.7. The number of hydrogen-bond donors (Lipinski definition) is 2. The summed E-state index contributed by atoms with van der Waals surface area (Å²) in [4.78, 5) is 31.3. The number of hydrogen-bond acceptors (Lipinski definition) is 6. The third kappa shape index (κ3) is 11.4. The number of benzene rings is 5. The van der Waals surface area contributed by atoms with Gasteiger partial charge in [-0.05, 0) is 136 Å². The molecule has 0 saturated carbocycles. The van der Waals surface area contributed by atoms with Crippen molar-refractivity contribution in [2.24, 2.45) is 0 Å². The van der Waals surface area contributed by atoms with Crippen LogP contribution in [0.25, 0.3) is 0 Å². The van der Waals surface area contributed by atoms with Gasteiger partial charge in [-0.1, -0.05) is 111 Å². The van der Waals surface area contributed by atoms with Crippen molar-refractivity contribution >= 4 is 44.7 Å². The van der Waals surface area contributed by atoms with E-state index < -0.39 is 10.1 Å². The maximum Gasteiger partial charge on any atom is 0.294 e. The van der Waals surface area contributed by atoms with Crippen molar-refractivity contribution in [3.05, 3.63) is 196 Å². The third-order valence-electron chi connectivity index (χ3n) is 15.2. The second-order valence-electron chi connectivity index (χ2n) is 21.1. The Labute approximate surface area is 444 Å². The number of carbonyl (C=O) groups is 2. The first-order valence-corrected chi connectivity index (χ1v) is 28.0. The van der Waals surface area contributed by atoms with E-state index in [1.54, 1.807) is 17.0 Å². The second kappa shape index (κ2) is 22.3. The number of nitrogens with one attached hydrogen (secondary N) is 1. The summed E-state index contributed by atoms with van der Waals surface area (Å²) in [5.74, 6) is 7.52. The number of allylic oxidation sites excluding steroid dienone is 7. The van der Waals surface area contributed by atoms with Gasteiger partial charge in [-0.3, -0.25) is 14.1 Å². The lowest BCUT2D eigenvalue weighted by molar-refractivity contribution is -0.438. The van der Waals surface area contributed by atoms with E-state index >= 15 is 0 Å². The highest BCUT2D eigenvalue weighted by molar-refractivity contribution is 7.85. The number of unbranched alkanes of at least 4 members (excludes halogenated alkanes) is 2. The number of rotatable bonds is 17. The molecule has 1 aliphatic carbocycles. The molecule has 2 N–H and O–H groups in total. The van der Waals surface area contributed by atoms with E-state index in [1.807, 2.05) is 48.5 Å². The summed E-state index contributed by atoms with van der Waals surface area (Å²) in [6.45, 7) is 15.6. The number of anilines is 2. The number of para-hydroxylation sites is 2. The molecule has 10 nitrogen and oxygen atoms in total. The van der Waals surface area contributed by atoms with Gasteiger partial charge in [-0.25, -0.2) is 0 Å². The molecule has 0 aromatic heterocycles. The number of aryl methyl sites for hydroxylation is 1. The number of fused-ring (bicyclic) bond motifs is 4. The molecule has 0 unspecified atom stereocenters. The number of amides is 2. The first-order valence-electron chi connectivity index (χ1n) is 26.5. The first kappa shape index (κ1) is 52.6. The Bertz CT molecular complexity index is 3360. The Balaban J connectivity index is 0.966. The van der Waals surface area contributed by atoms with Gasteiger partial charge in [0.15, 0.2) is 5.71 Å². The molecule has 3 aliphatic heterocycles. The molecule has 9 rings (SSSR count). The van der Waals surface area contributed by atoms with Crippen LogP contribution in [0.2, 0.25) is 0 Å². The Hall–Kier alpha value is -7.26. The zero-order valence-electron chi connectivity index (χ0n) is 44.2. The van der Waals surface area contributed by atoms with E-state index in [0.29, 0.717) is 31.7 Å². The lowest BCUT2D eigenvalue weighted by atomic mass is 9.81.